The lowest BCUT2D eigenvalue weighted by molar-refractivity contribution is -0.115. The van der Waals surface area contributed by atoms with Gasteiger partial charge >= 0.3 is 0 Å². The Bertz CT molecular complexity index is 1550. The monoisotopic (exact) mass is 515 g/mol. The van der Waals surface area contributed by atoms with Crippen LogP contribution in [0.25, 0.3) is 23.3 Å². The molecule has 3 aromatic carbocycles. The Morgan fingerprint density at radius 1 is 1.00 bits per heavy atom. The highest BCUT2D eigenvalue weighted by atomic mass is 35.5. The number of nitriles is 1. The second-order valence-electron chi connectivity index (χ2n) is 10.7. The van der Waals surface area contributed by atoms with Crippen LogP contribution >= 0.6 is 11.6 Å². The van der Waals surface area contributed by atoms with Crippen molar-refractivity contribution in [3.63, 3.8) is 0 Å². The number of benzene rings is 3. The molecule has 0 saturated heterocycles. The zero-order valence-corrected chi connectivity index (χ0v) is 22.3. The van der Waals surface area contributed by atoms with Gasteiger partial charge < -0.3 is 0 Å². The van der Waals surface area contributed by atoms with Gasteiger partial charge in [-0.3, -0.25) is 4.79 Å². The summed E-state index contributed by atoms with van der Waals surface area (Å²) >= 11 is 6.79. The van der Waals surface area contributed by atoms with Gasteiger partial charge in [-0.1, -0.05) is 85.3 Å². The van der Waals surface area contributed by atoms with Gasteiger partial charge in [0.15, 0.2) is 5.78 Å². The van der Waals surface area contributed by atoms with E-state index in [0.717, 1.165) is 36.0 Å². The second kappa shape index (κ2) is 10.2. The second-order valence-corrected chi connectivity index (χ2v) is 11.1. The van der Waals surface area contributed by atoms with E-state index >= 15 is 0 Å². The Morgan fingerprint density at radius 3 is 2.42 bits per heavy atom. The number of fused-ring (bicyclic) bond motifs is 3. The lowest BCUT2D eigenvalue weighted by Gasteiger charge is -2.44. The van der Waals surface area contributed by atoms with Crippen molar-refractivity contribution in [2.75, 3.05) is 0 Å². The van der Waals surface area contributed by atoms with Crippen molar-refractivity contribution in [2.24, 2.45) is 11.8 Å². The van der Waals surface area contributed by atoms with Crippen LogP contribution in [0.3, 0.4) is 0 Å². The summed E-state index contributed by atoms with van der Waals surface area (Å²) in [6.07, 6.45) is 11.3. The zero-order valence-electron chi connectivity index (χ0n) is 21.6. The third kappa shape index (κ3) is 4.57. The quantitative estimate of drug-likeness (QED) is 0.232. The first-order valence-electron chi connectivity index (χ1n) is 13.6. The predicted octanol–water partition coefficient (Wildman–Crippen LogP) is 9.12. The van der Waals surface area contributed by atoms with Crippen LogP contribution in [0.2, 0.25) is 5.02 Å². The SMILES string of the molecule is CC/C(=C(\C1=Cc2ccccc2C2CCC12)c1ccc(/C=C/C(=O)C2CC2)cc1)c1ccc(C#N)cc1Cl. The van der Waals surface area contributed by atoms with Gasteiger partial charge in [0.25, 0.3) is 0 Å². The van der Waals surface area contributed by atoms with Crippen molar-refractivity contribution in [2.45, 2.75) is 44.9 Å². The lowest BCUT2D eigenvalue weighted by Crippen LogP contribution is -2.29. The molecule has 3 aliphatic carbocycles. The van der Waals surface area contributed by atoms with Gasteiger partial charge in [-0.15, -0.1) is 0 Å². The smallest absolute Gasteiger partial charge is 0.158 e. The number of hydrogen-bond acceptors (Lipinski definition) is 2. The number of ketones is 1. The van der Waals surface area contributed by atoms with E-state index in [1.165, 1.54) is 40.7 Å². The molecule has 2 saturated carbocycles. The Hall–Kier alpha value is -3.67. The Labute approximate surface area is 230 Å². The van der Waals surface area contributed by atoms with Crippen LogP contribution in [0, 0.1) is 23.2 Å². The number of nitrogens with zero attached hydrogens (tertiary/aromatic N) is 1. The summed E-state index contributed by atoms with van der Waals surface area (Å²) < 4.78 is 0. The van der Waals surface area contributed by atoms with Gasteiger partial charge in [-0.25, -0.2) is 0 Å². The molecule has 188 valence electrons. The maximum absolute atomic E-state index is 12.2. The van der Waals surface area contributed by atoms with Crippen LogP contribution < -0.4 is 0 Å². The van der Waals surface area contributed by atoms with Crippen LogP contribution in [-0.4, -0.2) is 5.78 Å². The number of carbonyl (C=O) groups is 1. The molecule has 2 atom stereocenters. The fraction of sp³-hybridized carbons (Fsp3) is 0.257. The van der Waals surface area contributed by atoms with Crippen molar-refractivity contribution >= 4 is 40.7 Å². The van der Waals surface area contributed by atoms with E-state index < -0.39 is 0 Å². The number of rotatable bonds is 7. The Balaban J connectivity index is 1.49. The molecular formula is C35H30ClNO. The van der Waals surface area contributed by atoms with E-state index in [9.17, 15) is 10.1 Å². The third-order valence-electron chi connectivity index (χ3n) is 8.37. The number of carbonyl (C=O) groups excluding carboxylic acids is 1. The maximum atomic E-state index is 12.2. The van der Waals surface area contributed by atoms with Crippen molar-refractivity contribution in [1.29, 1.82) is 5.26 Å². The minimum Gasteiger partial charge on any atom is -0.295 e. The minimum absolute atomic E-state index is 0.237. The topological polar surface area (TPSA) is 40.9 Å². The Morgan fingerprint density at radius 2 is 1.76 bits per heavy atom. The summed E-state index contributed by atoms with van der Waals surface area (Å²) in [5.74, 6) is 1.50. The molecule has 0 aliphatic heterocycles. The first-order chi connectivity index (χ1) is 18.6. The normalized spacial score (nSPS) is 20.5. The molecular weight excluding hydrogens is 486 g/mol. The molecule has 2 nitrogen and oxygen atoms in total. The summed E-state index contributed by atoms with van der Waals surface area (Å²) in [5, 5.41) is 10.00. The van der Waals surface area contributed by atoms with Crippen LogP contribution in [0.4, 0.5) is 0 Å². The largest absolute Gasteiger partial charge is 0.295 e. The van der Waals surface area contributed by atoms with E-state index in [1.807, 2.05) is 18.2 Å². The number of halogens is 1. The van der Waals surface area contributed by atoms with Gasteiger partial charge in [0.1, 0.15) is 0 Å². The van der Waals surface area contributed by atoms with Gasteiger partial charge in [0.05, 0.1) is 11.6 Å². The zero-order chi connectivity index (χ0) is 26.2. The molecule has 2 unspecified atom stereocenters. The summed E-state index contributed by atoms with van der Waals surface area (Å²) in [6, 6.07) is 25.2. The fourth-order valence-electron chi connectivity index (χ4n) is 6.05. The number of allylic oxidation sites excluding steroid dienone is 4. The predicted molar refractivity (Wildman–Crippen MR) is 156 cm³/mol. The van der Waals surface area contributed by atoms with Gasteiger partial charge in [-0.2, -0.15) is 5.26 Å². The summed E-state index contributed by atoms with van der Waals surface area (Å²) in [7, 11) is 0. The highest BCUT2D eigenvalue weighted by Crippen LogP contribution is 2.55. The van der Waals surface area contributed by atoms with E-state index in [4.69, 9.17) is 11.6 Å². The molecule has 0 aromatic heterocycles. The molecule has 3 heteroatoms. The highest BCUT2D eigenvalue weighted by molar-refractivity contribution is 6.33. The maximum Gasteiger partial charge on any atom is 0.158 e. The standard InChI is InChI=1S/C35H30ClNO/c1-2-27(31-15-9-23(21-37)19-33(31)36)35(25-11-7-22(8-12-25)10-18-34(38)24-13-14-24)32-20-26-5-3-4-6-28(26)29-16-17-30(29)32/h3-12,15,18-20,24,29-30H,2,13-14,16-17H2,1H3/b18-10+,35-27+. The fourth-order valence-corrected chi connectivity index (χ4v) is 6.34. The average molecular weight is 516 g/mol. The van der Waals surface area contributed by atoms with E-state index in [2.05, 4.69) is 67.6 Å². The summed E-state index contributed by atoms with van der Waals surface area (Å²) in [5.41, 5.74) is 10.3. The molecule has 0 heterocycles. The molecule has 0 bridgehead atoms. The van der Waals surface area contributed by atoms with E-state index in [1.54, 1.807) is 12.1 Å². The van der Waals surface area contributed by atoms with Gasteiger partial charge in [0, 0.05) is 10.9 Å². The van der Waals surface area contributed by atoms with Crippen molar-refractivity contribution in [3.8, 4) is 6.07 Å². The van der Waals surface area contributed by atoms with Crippen LogP contribution in [0.1, 0.15) is 78.3 Å². The molecule has 38 heavy (non-hydrogen) atoms. The molecule has 0 amide bonds. The van der Waals surface area contributed by atoms with E-state index in [0.29, 0.717) is 22.4 Å². The van der Waals surface area contributed by atoms with Crippen molar-refractivity contribution < 1.29 is 4.79 Å². The summed E-state index contributed by atoms with van der Waals surface area (Å²) in [6.45, 7) is 2.18. The Kier molecular flexibility index (Phi) is 6.64. The average Bonchev–Trinajstić information content (AvgIpc) is 3.77. The van der Waals surface area contributed by atoms with Crippen molar-refractivity contribution in [3.05, 3.63) is 117 Å². The number of hydrogen-bond donors (Lipinski definition) is 0. The van der Waals surface area contributed by atoms with E-state index in [-0.39, 0.29) is 11.7 Å². The van der Waals surface area contributed by atoms with Gasteiger partial charge in [0.2, 0.25) is 0 Å². The first kappa shape index (κ1) is 24.7. The van der Waals surface area contributed by atoms with Gasteiger partial charge in [-0.05, 0) is 107 Å². The van der Waals surface area contributed by atoms with Crippen LogP contribution in [-0.2, 0) is 4.79 Å². The first-order valence-corrected chi connectivity index (χ1v) is 14.0. The van der Waals surface area contributed by atoms with Crippen molar-refractivity contribution in [1.82, 2.24) is 0 Å². The third-order valence-corrected chi connectivity index (χ3v) is 8.68. The minimum atomic E-state index is 0.237. The molecule has 3 aliphatic rings. The molecule has 0 spiro atoms. The molecule has 0 radical (unpaired) electrons. The van der Waals surface area contributed by atoms with Crippen LogP contribution in [0.15, 0.2) is 78.4 Å². The lowest BCUT2D eigenvalue weighted by atomic mass is 9.60. The molecule has 3 aromatic rings. The van der Waals surface area contributed by atoms with Crippen LogP contribution in [0.5, 0.6) is 0 Å². The molecule has 6 rings (SSSR count). The molecule has 0 N–H and O–H groups in total. The highest BCUT2D eigenvalue weighted by Gasteiger charge is 2.40. The molecule has 2 fully saturated rings. The summed E-state index contributed by atoms with van der Waals surface area (Å²) in [4.78, 5) is 12.2.